The van der Waals surface area contributed by atoms with E-state index in [0.717, 1.165) is 5.56 Å². The first-order chi connectivity index (χ1) is 11.2. The Bertz CT molecular complexity index is 826. The fourth-order valence-electron chi connectivity index (χ4n) is 2.38. The lowest BCUT2D eigenvalue weighted by molar-refractivity contribution is -0.111. The van der Waals surface area contributed by atoms with E-state index >= 15 is 0 Å². The third-order valence-corrected chi connectivity index (χ3v) is 3.59. The Kier molecular flexibility index (Phi) is 4.18. The van der Waals surface area contributed by atoms with Crippen molar-refractivity contribution in [3.8, 4) is 11.8 Å². The number of nitrogens with zero attached hydrogens (tertiary/aromatic N) is 1. The maximum Gasteiger partial charge on any atom is 0.184 e. The molecule has 23 heavy (non-hydrogen) atoms. The number of carbonyl (C=O) groups is 1. The molecule has 1 aliphatic rings. The number of benzene rings is 1. The van der Waals surface area contributed by atoms with Crippen LogP contribution in [0.1, 0.15) is 17.7 Å². The highest BCUT2D eigenvalue weighted by atomic mass is 16.3. The van der Waals surface area contributed by atoms with E-state index in [2.05, 4.69) is 16.8 Å². The van der Waals surface area contributed by atoms with Crippen LogP contribution in [-0.2, 0) is 4.79 Å². The molecular weight excluding hydrogens is 286 g/mol. The number of pyridine rings is 1. The van der Waals surface area contributed by atoms with E-state index in [4.69, 9.17) is 0 Å². The number of carbonyl (C=O) groups excluding carboxylic acids is 1. The van der Waals surface area contributed by atoms with Gasteiger partial charge in [0.2, 0.25) is 0 Å². The zero-order chi connectivity index (χ0) is 16.1. The van der Waals surface area contributed by atoms with Crippen molar-refractivity contribution in [2.75, 3.05) is 0 Å². The average molecular weight is 301 g/mol. The van der Waals surface area contributed by atoms with Crippen LogP contribution in [0.3, 0.4) is 0 Å². The quantitative estimate of drug-likeness (QED) is 0.685. The summed E-state index contributed by atoms with van der Waals surface area (Å²) < 4.78 is 0. The molecule has 1 aliphatic carbocycles. The van der Waals surface area contributed by atoms with E-state index in [0.29, 0.717) is 11.3 Å². The Labute approximate surface area is 135 Å². The molecule has 3 heteroatoms. The minimum Gasteiger partial charge on any atom is -0.380 e. The predicted molar refractivity (Wildman–Crippen MR) is 89.2 cm³/mol. The molecular formula is C20H15NO2. The topological polar surface area (TPSA) is 50.2 Å². The van der Waals surface area contributed by atoms with Gasteiger partial charge in [0.05, 0.1) is 0 Å². The molecule has 0 bridgehead atoms. The third kappa shape index (κ3) is 3.45. The van der Waals surface area contributed by atoms with E-state index in [1.807, 2.05) is 42.5 Å². The molecule has 0 amide bonds. The fraction of sp³-hybridized carbons (Fsp3) is 0.100. The van der Waals surface area contributed by atoms with E-state index in [1.165, 1.54) is 12.2 Å². The van der Waals surface area contributed by atoms with Crippen LogP contribution < -0.4 is 0 Å². The van der Waals surface area contributed by atoms with Crippen molar-refractivity contribution in [3.63, 3.8) is 0 Å². The minimum atomic E-state index is -1.35. The maximum atomic E-state index is 12.1. The normalized spacial score (nSPS) is 21.3. The van der Waals surface area contributed by atoms with Crippen LogP contribution in [0.5, 0.6) is 0 Å². The number of aliphatic hydroxyl groups is 1. The van der Waals surface area contributed by atoms with Crippen molar-refractivity contribution in [2.24, 2.45) is 0 Å². The van der Waals surface area contributed by atoms with Gasteiger partial charge in [0.15, 0.2) is 5.78 Å². The lowest BCUT2D eigenvalue weighted by Gasteiger charge is -2.19. The standard InChI is InChI=1S/C20H15NO2/c22-19-11-13-20(23,12-6-10-17-9-4-5-14-21-17)18(19)15-16-7-2-1-3-8-16/h1-5,7-9,11,13-15,23H,12H2/b18-15-. The Morgan fingerprint density at radius 1 is 1.13 bits per heavy atom. The van der Waals surface area contributed by atoms with Crippen molar-refractivity contribution in [3.05, 3.63) is 83.7 Å². The van der Waals surface area contributed by atoms with E-state index in [9.17, 15) is 9.90 Å². The van der Waals surface area contributed by atoms with Crippen LogP contribution in [0, 0.1) is 11.8 Å². The Hall–Kier alpha value is -2.96. The van der Waals surface area contributed by atoms with Gasteiger partial charge in [-0.25, -0.2) is 4.98 Å². The summed E-state index contributed by atoms with van der Waals surface area (Å²) in [7, 11) is 0. The van der Waals surface area contributed by atoms with Crippen molar-refractivity contribution in [1.82, 2.24) is 4.98 Å². The molecule has 0 spiro atoms. The lowest BCUT2D eigenvalue weighted by atomic mass is 9.91. The maximum absolute atomic E-state index is 12.1. The minimum absolute atomic E-state index is 0.143. The van der Waals surface area contributed by atoms with E-state index in [-0.39, 0.29) is 12.2 Å². The highest BCUT2D eigenvalue weighted by Gasteiger charge is 2.36. The molecule has 0 saturated heterocycles. The highest BCUT2D eigenvalue weighted by molar-refractivity contribution is 6.12. The molecule has 0 saturated carbocycles. The number of aromatic nitrogens is 1. The van der Waals surface area contributed by atoms with Gasteiger partial charge in [-0.2, -0.15) is 0 Å². The Morgan fingerprint density at radius 3 is 2.65 bits per heavy atom. The summed E-state index contributed by atoms with van der Waals surface area (Å²) in [6.45, 7) is 0. The third-order valence-electron chi connectivity index (χ3n) is 3.59. The summed E-state index contributed by atoms with van der Waals surface area (Å²) in [6, 6.07) is 14.9. The SMILES string of the molecule is O=C1C=CC(O)(CC#Cc2ccccn2)/C1=C\c1ccccc1. The number of allylic oxidation sites excluding steroid dienone is 1. The number of rotatable bonds is 2. The summed E-state index contributed by atoms with van der Waals surface area (Å²) in [5, 5.41) is 10.8. The van der Waals surface area contributed by atoms with Gasteiger partial charge < -0.3 is 5.11 Å². The fourth-order valence-corrected chi connectivity index (χ4v) is 2.38. The first-order valence-corrected chi connectivity index (χ1v) is 7.30. The summed E-state index contributed by atoms with van der Waals surface area (Å²) >= 11 is 0. The van der Waals surface area contributed by atoms with Crippen LogP contribution in [0.25, 0.3) is 6.08 Å². The second kappa shape index (κ2) is 6.43. The molecule has 2 aromatic rings. The van der Waals surface area contributed by atoms with Crippen LogP contribution in [0.15, 0.2) is 72.5 Å². The molecule has 0 radical (unpaired) electrons. The molecule has 112 valence electrons. The van der Waals surface area contributed by atoms with Gasteiger partial charge in [0, 0.05) is 18.2 Å². The second-order valence-corrected chi connectivity index (χ2v) is 5.28. The summed E-state index contributed by atoms with van der Waals surface area (Å²) in [4.78, 5) is 16.2. The first-order valence-electron chi connectivity index (χ1n) is 7.30. The zero-order valence-electron chi connectivity index (χ0n) is 12.4. The molecule has 1 atom stereocenters. The van der Waals surface area contributed by atoms with Crippen LogP contribution >= 0.6 is 0 Å². The monoisotopic (exact) mass is 301 g/mol. The molecule has 1 unspecified atom stereocenters. The molecule has 3 rings (SSSR count). The van der Waals surface area contributed by atoms with Gasteiger partial charge in [0.1, 0.15) is 11.3 Å². The van der Waals surface area contributed by atoms with Gasteiger partial charge in [-0.05, 0) is 41.8 Å². The van der Waals surface area contributed by atoms with Crippen molar-refractivity contribution in [1.29, 1.82) is 0 Å². The second-order valence-electron chi connectivity index (χ2n) is 5.28. The van der Waals surface area contributed by atoms with Crippen LogP contribution in [-0.4, -0.2) is 21.5 Å². The lowest BCUT2D eigenvalue weighted by Crippen LogP contribution is -2.27. The van der Waals surface area contributed by atoms with E-state index < -0.39 is 5.60 Å². The number of hydrogen-bond acceptors (Lipinski definition) is 3. The Morgan fingerprint density at radius 2 is 1.91 bits per heavy atom. The van der Waals surface area contributed by atoms with Gasteiger partial charge in [-0.3, -0.25) is 4.79 Å². The summed E-state index contributed by atoms with van der Waals surface area (Å²) in [6.07, 6.45) is 6.43. The van der Waals surface area contributed by atoms with Gasteiger partial charge in [0.25, 0.3) is 0 Å². The largest absolute Gasteiger partial charge is 0.380 e. The van der Waals surface area contributed by atoms with Gasteiger partial charge >= 0.3 is 0 Å². The summed E-state index contributed by atoms with van der Waals surface area (Å²) in [5.41, 5.74) is 0.502. The number of ketones is 1. The Balaban J connectivity index is 1.85. The highest BCUT2D eigenvalue weighted by Crippen LogP contribution is 2.31. The smallest absolute Gasteiger partial charge is 0.184 e. The molecule has 3 nitrogen and oxygen atoms in total. The molecule has 0 fully saturated rings. The van der Waals surface area contributed by atoms with Gasteiger partial charge in [-0.15, -0.1) is 0 Å². The van der Waals surface area contributed by atoms with E-state index in [1.54, 1.807) is 18.3 Å². The molecule has 0 aliphatic heterocycles. The van der Waals surface area contributed by atoms with Gasteiger partial charge in [-0.1, -0.05) is 42.3 Å². The predicted octanol–water partition coefficient (Wildman–Crippen LogP) is 2.78. The first kappa shape index (κ1) is 15.0. The summed E-state index contributed by atoms with van der Waals surface area (Å²) in [5.74, 6) is 5.63. The molecule has 1 N–H and O–H groups in total. The molecule has 1 aromatic carbocycles. The van der Waals surface area contributed by atoms with Crippen molar-refractivity contribution < 1.29 is 9.90 Å². The average Bonchev–Trinajstić information content (AvgIpc) is 2.86. The molecule has 1 aromatic heterocycles. The zero-order valence-corrected chi connectivity index (χ0v) is 12.4. The van der Waals surface area contributed by atoms with Crippen LogP contribution in [0.2, 0.25) is 0 Å². The number of hydrogen-bond donors (Lipinski definition) is 1. The molecule has 1 heterocycles. The van der Waals surface area contributed by atoms with Crippen molar-refractivity contribution >= 4 is 11.9 Å². The van der Waals surface area contributed by atoms with Crippen molar-refractivity contribution in [2.45, 2.75) is 12.0 Å². The van der Waals surface area contributed by atoms with Crippen LogP contribution in [0.4, 0.5) is 0 Å².